The lowest BCUT2D eigenvalue weighted by Crippen LogP contribution is -2.42. The Hall–Kier alpha value is -0.160. The molecule has 0 aliphatic carbocycles. The lowest BCUT2D eigenvalue weighted by molar-refractivity contribution is -0.216. The highest BCUT2D eigenvalue weighted by molar-refractivity contribution is 4.73. The third-order valence-electron chi connectivity index (χ3n) is 2.13. The van der Waals surface area contributed by atoms with E-state index < -0.39 is 12.2 Å². The van der Waals surface area contributed by atoms with Crippen LogP contribution in [0.4, 0.5) is 0 Å². The lowest BCUT2D eigenvalue weighted by Gasteiger charge is -2.30. The van der Waals surface area contributed by atoms with Crippen LogP contribution in [-0.4, -0.2) is 41.9 Å². The fourth-order valence-corrected chi connectivity index (χ4v) is 1.21. The number of aliphatic hydroxyl groups excluding tert-OH is 2. The summed E-state index contributed by atoms with van der Waals surface area (Å²) in [5.41, 5.74) is 0. The van der Waals surface area contributed by atoms with E-state index >= 15 is 0 Å². The zero-order valence-electron chi connectivity index (χ0n) is 7.98. The fraction of sp³-hybridized carbons (Fsp3) is 1.00. The van der Waals surface area contributed by atoms with Crippen molar-refractivity contribution in [1.82, 2.24) is 0 Å². The van der Waals surface area contributed by atoms with Gasteiger partial charge in [0.25, 0.3) is 0 Å². The van der Waals surface area contributed by atoms with Gasteiger partial charge in [0.1, 0.15) is 6.10 Å². The van der Waals surface area contributed by atoms with E-state index in [-0.39, 0.29) is 12.9 Å². The fourth-order valence-electron chi connectivity index (χ4n) is 1.21. The molecule has 4 nitrogen and oxygen atoms in total. The van der Waals surface area contributed by atoms with Gasteiger partial charge in [0, 0.05) is 13.0 Å². The number of unbranched alkanes of at least 4 members (excludes halogenated alkanes) is 1. The minimum absolute atomic E-state index is 0.165. The summed E-state index contributed by atoms with van der Waals surface area (Å²) in [4.78, 5) is 0. The van der Waals surface area contributed by atoms with Gasteiger partial charge in [-0.05, 0) is 6.42 Å². The average molecular weight is 190 g/mol. The first-order chi connectivity index (χ1) is 6.24. The minimum Gasteiger partial charge on any atom is -0.390 e. The predicted octanol–water partition coefficient (Wildman–Crippen LogP) is 0.271. The minimum atomic E-state index is -0.758. The SMILES string of the molecule is CCCCO[C@@H]1C[C@H](O)[C@H](O)CO1. The van der Waals surface area contributed by atoms with Crippen LogP contribution in [0.3, 0.4) is 0 Å². The van der Waals surface area contributed by atoms with Gasteiger partial charge in [0.05, 0.1) is 12.7 Å². The number of hydrogen-bond donors (Lipinski definition) is 2. The van der Waals surface area contributed by atoms with Crippen molar-refractivity contribution in [1.29, 1.82) is 0 Å². The molecular weight excluding hydrogens is 172 g/mol. The highest BCUT2D eigenvalue weighted by Crippen LogP contribution is 2.15. The summed E-state index contributed by atoms with van der Waals surface area (Å²) in [6.07, 6.45) is 0.637. The molecule has 1 aliphatic heterocycles. The van der Waals surface area contributed by atoms with E-state index in [0.717, 1.165) is 12.8 Å². The van der Waals surface area contributed by atoms with E-state index in [2.05, 4.69) is 6.92 Å². The van der Waals surface area contributed by atoms with Crippen molar-refractivity contribution >= 4 is 0 Å². The second-order valence-electron chi connectivity index (χ2n) is 3.36. The van der Waals surface area contributed by atoms with E-state index in [4.69, 9.17) is 14.6 Å². The summed E-state index contributed by atoms with van der Waals surface area (Å²) in [5.74, 6) is 0. The molecule has 3 atom stereocenters. The molecule has 1 rings (SSSR count). The Labute approximate surface area is 78.5 Å². The first kappa shape index (κ1) is 10.9. The van der Waals surface area contributed by atoms with Gasteiger partial charge in [-0.2, -0.15) is 0 Å². The maximum Gasteiger partial charge on any atom is 0.160 e. The van der Waals surface area contributed by atoms with Crippen molar-refractivity contribution in [3.63, 3.8) is 0 Å². The van der Waals surface area contributed by atoms with Crippen LogP contribution in [0.1, 0.15) is 26.2 Å². The van der Waals surface area contributed by atoms with E-state index in [1.807, 2.05) is 0 Å². The molecule has 0 aromatic rings. The molecule has 78 valence electrons. The van der Waals surface area contributed by atoms with Crippen molar-refractivity contribution in [2.24, 2.45) is 0 Å². The molecule has 0 amide bonds. The summed E-state index contributed by atoms with van der Waals surface area (Å²) in [6, 6.07) is 0. The Morgan fingerprint density at radius 2 is 2.15 bits per heavy atom. The second-order valence-corrected chi connectivity index (χ2v) is 3.36. The molecule has 13 heavy (non-hydrogen) atoms. The molecule has 0 saturated carbocycles. The van der Waals surface area contributed by atoms with Crippen molar-refractivity contribution in [3.05, 3.63) is 0 Å². The quantitative estimate of drug-likeness (QED) is 0.625. The van der Waals surface area contributed by atoms with Gasteiger partial charge in [-0.25, -0.2) is 0 Å². The highest BCUT2D eigenvalue weighted by Gasteiger charge is 2.28. The predicted molar refractivity (Wildman–Crippen MR) is 47.2 cm³/mol. The molecule has 0 unspecified atom stereocenters. The number of hydrogen-bond acceptors (Lipinski definition) is 4. The maximum atomic E-state index is 9.29. The highest BCUT2D eigenvalue weighted by atomic mass is 16.7. The largest absolute Gasteiger partial charge is 0.390 e. The third kappa shape index (κ3) is 3.60. The van der Waals surface area contributed by atoms with Crippen LogP contribution >= 0.6 is 0 Å². The molecule has 1 aliphatic rings. The van der Waals surface area contributed by atoms with Crippen molar-refractivity contribution in [2.45, 2.75) is 44.7 Å². The van der Waals surface area contributed by atoms with Gasteiger partial charge in [-0.3, -0.25) is 0 Å². The zero-order chi connectivity index (χ0) is 9.68. The molecule has 4 heteroatoms. The number of rotatable bonds is 4. The normalized spacial score (nSPS) is 34.8. The van der Waals surface area contributed by atoms with Crippen LogP contribution in [0.2, 0.25) is 0 Å². The average Bonchev–Trinajstić information content (AvgIpc) is 2.12. The van der Waals surface area contributed by atoms with Gasteiger partial charge in [-0.1, -0.05) is 13.3 Å². The van der Waals surface area contributed by atoms with E-state index in [0.29, 0.717) is 13.0 Å². The Balaban J connectivity index is 2.14. The monoisotopic (exact) mass is 190 g/mol. The topological polar surface area (TPSA) is 58.9 Å². The standard InChI is InChI=1S/C9H18O4/c1-2-3-4-12-9-5-7(10)8(11)6-13-9/h7-11H,2-6H2,1H3/t7-,8+,9-/m0/s1. The molecular formula is C9H18O4. The Kier molecular flexibility index (Phi) is 4.66. The van der Waals surface area contributed by atoms with Crippen LogP contribution in [0.5, 0.6) is 0 Å². The van der Waals surface area contributed by atoms with Crippen LogP contribution in [-0.2, 0) is 9.47 Å². The molecule has 0 bridgehead atoms. The van der Waals surface area contributed by atoms with Crippen molar-refractivity contribution < 1.29 is 19.7 Å². The Morgan fingerprint density at radius 1 is 1.38 bits per heavy atom. The van der Waals surface area contributed by atoms with E-state index in [1.165, 1.54) is 0 Å². The first-order valence-corrected chi connectivity index (χ1v) is 4.83. The van der Waals surface area contributed by atoms with Crippen molar-refractivity contribution in [2.75, 3.05) is 13.2 Å². The van der Waals surface area contributed by atoms with Gasteiger partial charge in [0.15, 0.2) is 6.29 Å². The molecule has 0 aromatic heterocycles. The van der Waals surface area contributed by atoms with Crippen molar-refractivity contribution in [3.8, 4) is 0 Å². The summed E-state index contributed by atoms with van der Waals surface area (Å²) >= 11 is 0. The number of aliphatic hydroxyl groups is 2. The molecule has 0 radical (unpaired) electrons. The Bertz CT molecular complexity index is 140. The number of ether oxygens (including phenoxy) is 2. The molecule has 1 fully saturated rings. The molecule has 0 aromatic carbocycles. The lowest BCUT2D eigenvalue weighted by atomic mass is 10.1. The zero-order valence-corrected chi connectivity index (χ0v) is 7.98. The second kappa shape index (κ2) is 5.54. The van der Waals surface area contributed by atoms with Gasteiger partial charge in [-0.15, -0.1) is 0 Å². The van der Waals surface area contributed by atoms with Gasteiger partial charge in [0.2, 0.25) is 0 Å². The first-order valence-electron chi connectivity index (χ1n) is 4.83. The summed E-state index contributed by atoms with van der Waals surface area (Å²) < 4.78 is 10.5. The summed E-state index contributed by atoms with van der Waals surface area (Å²) in [6.45, 7) is 2.91. The van der Waals surface area contributed by atoms with Crippen LogP contribution in [0.15, 0.2) is 0 Å². The van der Waals surface area contributed by atoms with Gasteiger partial charge < -0.3 is 19.7 Å². The smallest absolute Gasteiger partial charge is 0.160 e. The summed E-state index contributed by atoms with van der Waals surface area (Å²) in [7, 11) is 0. The van der Waals surface area contributed by atoms with E-state index in [9.17, 15) is 5.11 Å². The maximum absolute atomic E-state index is 9.29. The molecule has 2 N–H and O–H groups in total. The van der Waals surface area contributed by atoms with E-state index in [1.54, 1.807) is 0 Å². The van der Waals surface area contributed by atoms with Crippen LogP contribution < -0.4 is 0 Å². The molecule has 1 heterocycles. The molecule has 0 spiro atoms. The third-order valence-corrected chi connectivity index (χ3v) is 2.13. The molecule has 1 saturated heterocycles. The van der Waals surface area contributed by atoms with Crippen LogP contribution in [0.25, 0.3) is 0 Å². The van der Waals surface area contributed by atoms with Crippen LogP contribution in [0, 0.1) is 0 Å². The Morgan fingerprint density at radius 3 is 2.77 bits per heavy atom. The van der Waals surface area contributed by atoms with Gasteiger partial charge >= 0.3 is 0 Å². The summed E-state index contributed by atoms with van der Waals surface area (Å²) in [5, 5.41) is 18.4.